The first-order chi connectivity index (χ1) is 17.8. The maximum atomic E-state index is 13.7. The molecule has 0 bridgehead atoms. The first-order valence-corrected chi connectivity index (χ1v) is 11.4. The second-order valence-electron chi connectivity index (χ2n) is 8.15. The maximum Gasteiger partial charge on any atom is 0.281 e. The largest absolute Gasteiger partial charge is 0.281 e. The van der Waals surface area contributed by atoms with Crippen molar-refractivity contribution in [1.82, 2.24) is 19.7 Å². The van der Waals surface area contributed by atoms with E-state index in [1.54, 1.807) is 24.8 Å². The lowest BCUT2D eigenvalue weighted by Gasteiger charge is -2.10. The monoisotopic (exact) mass is 468 g/mol. The summed E-state index contributed by atoms with van der Waals surface area (Å²) < 4.78 is 1.82. The molecule has 0 saturated heterocycles. The molecule has 0 N–H and O–H groups in total. The van der Waals surface area contributed by atoms with Gasteiger partial charge in [0.2, 0.25) is 0 Å². The highest BCUT2D eigenvalue weighted by molar-refractivity contribution is 6.37. The summed E-state index contributed by atoms with van der Waals surface area (Å²) >= 11 is 0. The molecule has 0 fully saturated rings. The van der Waals surface area contributed by atoms with Crippen molar-refractivity contribution in [2.75, 3.05) is 5.01 Å². The van der Waals surface area contributed by atoms with Gasteiger partial charge in [0.25, 0.3) is 5.91 Å². The van der Waals surface area contributed by atoms with Crippen LogP contribution < -0.4 is 5.01 Å². The highest BCUT2D eigenvalue weighted by Crippen LogP contribution is 2.30. The quantitative estimate of drug-likeness (QED) is 0.334. The van der Waals surface area contributed by atoms with Crippen molar-refractivity contribution in [2.24, 2.45) is 5.10 Å². The summed E-state index contributed by atoms with van der Waals surface area (Å²) in [5.74, 6) is -0.215. The summed E-state index contributed by atoms with van der Waals surface area (Å²) in [5.41, 5.74) is 5.84. The fourth-order valence-corrected chi connectivity index (χ4v) is 4.10. The second-order valence-corrected chi connectivity index (χ2v) is 8.15. The van der Waals surface area contributed by atoms with Crippen molar-refractivity contribution in [1.29, 1.82) is 0 Å². The number of rotatable bonds is 5. The minimum Gasteiger partial charge on any atom is -0.267 e. The lowest BCUT2D eigenvalue weighted by Crippen LogP contribution is -2.21. The molecule has 1 aliphatic rings. The van der Waals surface area contributed by atoms with Crippen molar-refractivity contribution in [3.05, 3.63) is 133 Å². The molecule has 3 aromatic heterocycles. The predicted molar refractivity (Wildman–Crippen MR) is 139 cm³/mol. The van der Waals surface area contributed by atoms with Crippen molar-refractivity contribution < 1.29 is 4.79 Å². The number of carbonyl (C=O) groups is 1. The number of carbonyl (C=O) groups excluding carboxylic acids is 1. The van der Waals surface area contributed by atoms with Gasteiger partial charge in [-0.1, -0.05) is 36.4 Å². The summed E-state index contributed by atoms with van der Waals surface area (Å²) in [4.78, 5) is 22.1. The van der Waals surface area contributed by atoms with Crippen LogP contribution in [0.15, 0.2) is 127 Å². The second kappa shape index (κ2) is 9.23. The average Bonchev–Trinajstić information content (AvgIpc) is 3.52. The van der Waals surface area contributed by atoms with Gasteiger partial charge in [-0.3, -0.25) is 14.8 Å². The number of nitrogens with zero attached hydrogens (tertiary/aromatic N) is 6. The summed E-state index contributed by atoms with van der Waals surface area (Å²) in [5, 5.41) is 11.0. The molecule has 172 valence electrons. The number of aromatic nitrogens is 4. The molecular formula is C29H20N6O. The van der Waals surface area contributed by atoms with Crippen LogP contribution in [0.3, 0.4) is 0 Å². The van der Waals surface area contributed by atoms with Crippen LogP contribution in [0.5, 0.6) is 0 Å². The molecule has 7 heteroatoms. The highest BCUT2D eigenvalue weighted by atomic mass is 16.2. The molecule has 7 nitrogen and oxygen atoms in total. The number of hydrogen-bond acceptors (Lipinski definition) is 5. The molecule has 5 aromatic rings. The topological polar surface area (TPSA) is 76.3 Å². The third kappa shape index (κ3) is 3.99. The van der Waals surface area contributed by atoms with Crippen LogP contribution >= 0.6 is 0 Å². The van der Waals surface area contributed by atoms with E-state index in [4.69, 9.17) is 10.2 Å². The molecule has 2 aromatic carbocycles. The van der Waals surface area contributed by atoms with E-state index in [1.165, 1.54) is 5.01 Å². The van der Waals surface area contributed by atoms with Gasteiger partial charge in [0.05, 0.1) is 16.9 Å². The smallest absolute Gasteiger partial charge is 0.267 e. The lowest BCUT2D eigenvalue weighted by atomic mass is 10.0. The molecule has 1 amide bonds. The fraction of sp³-hybridized carbons (Fsp3) is 0. The molecule has 0 atom stereocenters. The van der Waals surface area contributed by atoms with Gasteiger partial charge in [-0.2, -0.15) is 15.2 Å². The highest BCUT2D eigenvalue weighted by Gasteiger charge is 2.32. The molecule has 0 aliphatic carbocycles. The van der Waals surface area contributed by atoms with Crippen molar-refractivity contribution in [3.63, 3.8) is 0 Å². The SMILES string of the molecule is O=C1/C(=C\c2cn(-c3ccccc3)nc2-c2ccncc2)C(c2cccnc2)=NN1c1ccccc1. The first-order valence-electron chi connectivity index (χ1n) is 11.4. The van der Waals surface area contributed by atoms with E-state index in [0.717, 1.165) is 28.1 Å². The number of para-hydroxylation sites is 2. The van der Waals surface area contributed by atoms with Crippen molar-refractivity contribution in [3.8, 4) is 16.9 Å². The molecule has 0 spiro atoms. The minimum atomic E-state index is -0.215. The Balaban J connectivity index is 1.52. The minimum absolute atomic E-state index is 0.215. The Morgan fingerprint density at radius 3 is 2.11 bits per heavy atom. The summed E-state index contributed by atoms with van der Waals surface area (Å²) in [6, 6.07) is 26.8. The zero-order valence-corrected chi connectivity index (χ0v) is 19.1. The average molecular weight is 469 g/mol. The van der Waals surface area contributed by atoms with E-state index in [9.17, 15) is 4.79 Å². The molecule has 1 aliphatic heterocycles. The van der Waals surface area contributed by atoms with Gasteiger partial charge in [0.15, 0.2) is 0 Å². The van der Waals surface area contributed by atoms with E-state index >= 15 is 0 Å². The predicted octanol–water partition coefficient (Wildman–Crippen LogP) is 5.16. The molecule has 0 unspecified atom stereocenters. The molecule has 0 saturated carbocycles. The van der Waals surface area contributed by atoms with Crippen LogP contribution in [0.1, 0.15) is 11.1 Å². The van der Waals surface area contributed by atoms with Gasteiger partial charge in [-0.15, -0.1) is 0 Å². The number of hydrazone groups is 1. The van der Waals surface area contributed by atoms with Gasteiger partial charge in [-0.25, -0.2) is 4.68 Å². The van der Waals surface area contributed by atoms with E-state index in [2.05, 4.69) is 9.97 Å². The summed E-state index contributed by atoms with van der Waals surface area (Å²) in [7, 11) is 0. The van der Waals surface area contributed by atoms with Gasteiger partial charge in [0, 0.05) is 47.7 Å². The molecule has 36 heavy (non-hydrogen) atoms. The number of amides is 1. The van der Waals surface area contributed by atoms with Crippen LogP contribution in [0, 0.1) is 0 Å². The van der Waals surface area contributed by atoms with Crippen LogP contribution in [0.2, 0.25) is 0 Å². The van der Waals surface area contributed by atoms with E-state index in [0.29, 0.717) is 17.0 Å². The third-order valence-corrected chi connectivity index (χ3v) is 5.83. The van der Waals surface area contributed by atoms with E-state index in [1.807, 2.05) is 102 Å². The van der Waals surface area contributed by atoms with E-state index < -0.39 is 0 Å². The summed E-state index contributed by atoms with van der Waals surface area (Å²) in [6.45, 7) is 0. The molecular weight excluding hydrogens is 448 g/mol. The Bertz CT molecular complexity index is 1580. The fourth-order valence-electron chi connectivity index (χ4n) is 4.10. The van der Waals surface area contributed by atoms with Crippen molar-refractivity contribution >= 4 is 23.4 Å². The van der Waals surface area contributed by atoms with Gasteiger partial charge in [-0.05, 0) is 54.6 Å². The molecule has 0 radical (unpaired) electrons. The van der Waals surface area contributed by atoms with Gasteiger partial charge in [0.1, 0.15) is 11.4 Å². The Kier molecular flexibility index (Phi) is 5.48. The van der Waals surface area contributed by atoms with Crippen LogP contribution in [-0.2, 0) is 4.79 Å². The first kappa shape index (κ1) is 21.4. The number of hydrogen-bond donors (Lipinski definition) is 0. The van der Waals surface area contributed by atoms with Crippen LogP contribution in [0.4, 0.5) is 5.69 Å². The van der Waals surface area contributed by atoms with Crippen LogP contribution in [-0.4, -0.2) is 31.4 Å². The van der Waals surface area contributed by atoms with Crippen molar-refractivity contribution in [2.45, 2.75) is 0 Å². The lowest BCUT2D eigenvalue weighted by molar-refractivity contribution is -0.114. The molecule has 6 rings (SSSR count). The number of benzene rings is 2. The normalized spacial score (nSPS) is 14.3. The standard InChI is InChI=1S/C29H20N6O/c36-29-26(28(22-8-7-15-31-19-22)33-35(29)25-11-5-2-6-12-25)18-23-20-34(24-9-3-1-4-10-24)32-27(23)21-13-16-30-17-14-21/h1-20H/b26-18-. The number of pyridine rings is 2. The Morgan fingerprint density at radius 2 is 1.42 bits per heavy atom. The zero-order valence-electron chi connectivity index (χ0n) is 19.1. The van der Waals surface area contributed by atoms with Gasteiger partial charge < -0.3 is 0 Å². The number of anilines is 1. The Labute approximate surface area is 207 Å². The Morgan fingerprint density at radius 1 is 0.694 bits per heavy atom. The Hall–Kier alpha value is -5.17. The van der Waals surface area contributed by atoms with Crippen LogP contribution in [0.25, 0.3) is 23.0 Å². The molecule has 4 heterocycles. The zero-order chi connectivity index (χ0) is 24.3. The third-order valence-electron chi connectivity index (χ3n) is 5.83. The summed E-state index contributed by atoms with van der Waals surface area (Å²) in [6.07, 6.45) is 10.7. The van der Waals surface area contributed by atoms with Gasteiger partial charge >= 0.3 is 0 Å². The maximum absolute atomic E-state index is 13.7. The van der Waals surface area contributed by atoms with E-state index in [-0.39, 0.29) is 5.91 Å².